The number of anilines is 1. The highest BCUT2D eigenvalue weighted by Gasteiger charge is 2.12. The van der Waals surface area contributed by atoms with Crippen LogP contribution in [0.25, 0.3) is 21.9 Å². The number of aromatic amines is 1. The number of fused-ring (bicyclic) bond motifs is 3. The Morgan fingerprint density at radius 1 is 1.05 bits per heavy atom. The number of hydrogen-bond donors (Lipinski definition) is 2. The van der Waals surface area contributed by atoms with Crippen molar-refractivity contribution >= 4 is 39.7 Å². The van der Waals surface area contributed by atoms with Gasteiger partial charge in [0.15, 0.2) is 0 Å². The molecule has 0 saturated carbocycles. The molecule has 0 saturated heterocycles. The summed E-state index contributed by atoms with van der Waals surface area (Å²) in [6.45, 7) is 1.70. The lowest BCUT2D eigenvalue weighted by atomic mass is 10.1. The minimum atomic E-state index is -0.318. The number of ether oxygens (including phenoxy) is 3. The fraction of sp³-hybridized carbons (Fsp3) is 0.143. The van der Waals surface area contributed by atoms with Gasteiger partial charge in [-0.3, -0.25) is 9.59 Å². The molecule has 0 radical (unpaired) electrons. The van der Waals surface area contributed by atoms with E-state index in [-0.39, 0.29) is 18.1 Å². The Labute approximate surface area is 217 Å². The molecule has 0 atom stereocenters. The van der Waals surface area contributed by atoms with Crippen molar-refractivity contribution < 1.29 is 19.0 Å². The van der Waals surface area contributed by atoms with Crippen molar-refractivity contribution in [1.29, 1.82) is 0 Å². The van der Waals surface area contributed by atoms with E-state index in [9.17, 15) is 9.59 Å². The first-order valence-corrected chi connectivity index (χ1v) is 11.7. The average Bonchev–Trinajstić information content (AvgIpc) is 3.30. The van der Waals surface area contributed by atoms with Crippen LogP contribution in [0.1, 0.15) is 18.1 Å². The first-order valence-electron chi connectivity index (χ1n) is 11.7. The summed E-state index contributed by atoms with van der Waals surface area (Å²) >= 11 is 0. The molecule has 0 fully saturated rings. The minimum absolute atomic E-state index is 0.137. The Morgan fingerprint density at radius 3 is 2.58 bits per heavy atom. The first-order chi connectivity index (χ1) is 18.4. The number of H-pyrrole nitrogens is 1. The van der Waals surface area contributed by atoms with Gasteiger partial charge in [0, 0.05) is 29.1 Å². The van der Waals surface area contributed by atoms with Crippen molar-refractivity contribution in [2.45, 2.75) is 13.5 Å². The van der Waals surface area contributed by atoms with Gasteiger partial charge in [-0.15, -0.1) is 0 Å². The number of nitrogens with zero attached hydrogens (tertiary/aromatic N) is 3. The molecule has 0 spiro atoms. The van der Waals surface area contributed by atoms with E-state index >= 15 is 0 Å². The summed E-state index contributed by atoms with van der Waals surface area (Å²) < 4.78 is 17.9. The van der Waals surface area contributed by atoms with Crippen LogP contribution < -0.4 is 25.1 Å². The van der Waals surface area contributed by atoms with Crippen molar-refractivity contribution in [2.75, 3.05) is 19.5 Å². The molecule has 3 aromatic carbocycles. The van der Waals surface area contributed by atoms with Gasteiger partial charge in [-0.05, 0) is 66.2 Å². The van der Waals surface area contributed by atoms with E-state index in [4.69, 9.17) is 14.2 Å². The summed E-state index contributed by atoms with van der Waals surface area (Å²) in [7, 11) is 3.18. The second-order valence-corrected chi connectivity index (χ2v) is 8.46. The molecule has 10 nitrogen and oxygen atoms in total. The molecule has 1 amide bonds. The summed E-state index contributed by atoms with van der Waals surface area (Å²) in [5, 5.41) is 7.86. The monoisotopic (exact) mass is 511 g/mol. The quantitative estimate of drug-likeness (QED) is 0.300. The van der Waals surface area contributed by atoms with E-state index in [0.717, 1.165) is 22.0 Å². The first kappa shape index (κ1) is 24.6. The Balaban J connectivity index is 1.37. The fourth-order valence-electron chi connectivity index (χ4n) is 4.05. The molecule has 0 bridgehead atoms. The topological polar surface area (TPSA) is 120 Å². The normalized spacial score (nSPS) is 11.2. The molecule has 5 rings (SSSR count). The Hall–Kier alpha value is -5.12. The molecule has 192 valence electrons. The molecular weight excluding hydrogens is 486 g/mol. The largest absolute Gasteiger partial charge is 0.497 e. The Kier molecular flexibility index (Phi) is 6.77. The zero-order valence-electron chi connectivity index (χ0n) is 21.0. The van der Waals surface area contributed by atoms with E-state index in [1.165, 1.54) is 17.9 Å². The zero-order valence-corrected chi connectivity index (χ0v) is 21.0. The van der Waals surface area contributed by atoms with Crippen LogP contribution in [-0.2, 0) is 11.4 Å². The number of benzene rings is 3. The van der Waals surface area contributed by atoms with Crippen LogP contribution in [0.4, 0.5) is 5.69 Å². The van der Waals surface area contributed by atoms with E-state index in [0.29, 0.717) is 34.0 Å². The van der Waals surface area contributed by atoms with Gasteiger partial charge in [-0.25, -0.2) is 4.98 Å². The van der Waals surface area contributed by atoms with Gasteiger partial charge >= 0.3 is 0 Å². The third-order valence-corrected chi connectivity index (χ3v) is 5.90. The lowest BCUT2D eigenvalue weighted by Gasteiger charge is -2.12. The van der Waals surface area contributed by atoms with E-state index < -0.39 is 0 Å². The van der Waals surface area contributed by atoms with Crippen molar-refractivity contribution in [2.24, 2.45) is 5.10 Å². The number of nitrogens with one attached hydrogen (secondary N) is 2. The van der Waals surface area contributed by atoms with Crippen molar-refractivity contribution in [3.05, 3.63) is 88.5 Å². The SMILES string of the molecule is COc1ccc2[nH]c3c(=O)n(/N=C/c4ccc(OC)c(COc5ccc(NC(C)=O)cc5)c4)cnc3c2c1. The van der Waals surface area contributed by atoms with Crippen LogP contribution in [0.5, 0.6) is 17.2 Å². The van der Waals surface area contributed by atoms with Gasteiger partial charge < -0.3 is 24.5 Å². The standard InChI is InChI=1S/C28H25N5O5/c1-17(34)31-20-5-7-21(8-6-20)38-15-19-12-18(4-11-25(19)37-3)14-30-33-16-29-26-23-13-22(36-2)9-10-24(23)32-27(26)28(33)35/h4-14,16,32H,15H2,1-3H3,(H,31,34)/b30-14+. The van der Waals surface area contributed by atoms with Crippen molar-refractivity contribution in [3.8, 4) is 17.2 Å². The summed E-state index contributed by atoms with van der Waals surface area (Å²) in [6, 6.07) is 18.1. The molecule has 2 aromatic heterocycles. The van der Waals surface area contributed by atoms with E-state index in [1.807, 2.05) is 36.4 Å². The molecule has 0 aliphatic heterocycles. The Morgan fingerprint density at radius 2 is 1.84 bits per heavy atom. The smallest absolute Gasteiger partial charge is 0.298 e. The number of carbonyl (C=O) groups is 1. The van der Waals surface area contributed by atoms with Gasteiger partial charge in [-0.1, -0.05) is 0 Å². The van der Waals surface area contributed by atoms with Crippen molar-refractivity contribution in [3.63, 3.8) is 0 Å². The molecule has 0 aliphatic rings. The lowest BCUT2D eigenvalue weighted by Crippen LogP contribution is -2.17. The molecular formula is C28H25N5O5. The number of amides is 1. The van der Waals surface area contributed by atoms with Gasteiger partial charge in [0.2, 0.25) is 5.91 Å². The predicted octanol–water partition coefficient (Wildman–Crippen LogP) is 4.31. The summed E-state index contributed by atoms with van der Waals surface area (Å²) in [5.41, 5.74) is 3.63. The number of rotatable bonds is 8. The summed E-state index contributed by atoms with van der Waals surface area (Å²) in [5.74, 6) is 1.85. The highest BCUT2D eigenvalue weighted by atomic mass is 16.5. The Bertz CT molecular complexity index is 1720. The maximum atomic E-state index is 13.1. The molecule has 2 heterocycles. The maximum absolute atomic E-state index is 13.1. The fourth-order valence-corrected chi connectivity index (χ4v) is 4.05. The maximum Gasteiger partial charge on any atom is 0.298 e. The van der Waals surface area contributed by atoms with Crippen LogP contribution in [0.2, 0.25) is 0 Å². The van der Waals surface area contributed by atoms with Crippen LogP contribution in [0.3, 0.4) is 0 Å². The zero-order chi connectivity index (χ0) is 26.6. The average molecular weight is 512 g/mol. The highest BCUT2D eigenvalue weighted by molar-refractivity contribution is 6.04. The van der Waals surface area contributed by atoms with Gasteiger partial charge in [0.05, 0.1) is 20.4 Å². The van der Waals surface area contributed by atoms with Crippen LogP contribution >= 0.6 is 0 Å². The molecule has 10 heteroatoms. The summed E-state index contributed by atoms with van der Waals surface area (Å²) in [4.78, 5) is 31.8. The lowest BCUT2D eigenvalue weighted by molar-refractivity contribution is -0.114. The van der Waals surface area contributed by atoms with Crippen LogP contribution in [0.15, 0.2) is 76.9 Å². The van der Waals surface area contributed by atoms with E-state index in [1.54, 1.807) is 44.7 Å². The predicted molar refractivity (Wildman–Crippen MR) is 145 cm³/mol. The molecule has 5 aromatic rings. The van der Waals surface area contributed by atoms with Gasteiger partial charge in [0.1, 0.15) is 41.2 Å². The molecule has 38 heavy (non-hydrogen) atoms. The third-order valence-electron chi connectivity index (χ3n) is 5.90. The van der Waals surface area contributed by atoms with Gasteiger partial charge in [-0.2, -0.15) is 9.78 Å². The second kappa shape index (κ2) is 10.5. The van der Waals surface area contributed by atoms with E-state index in [2.05, 4.69) is 20.4 Å². The highest BCUT2D eigenvalue weighted by Crippen LogP contribution is 2.26. The second-order valence-electron chi connectivity index (χ2n) is 8.46. The molecule has 2 N–H and O–H groups in total. The minimum Gasteiger partial charge on any atom is -0.497 e. The van der Waals surface area contributed by atoms with Gasteiger partial charge in [0.25, 0.3) is 5.56 Å². The third kappa shape index (κ3) is 5.05. The number of methoxy groups -OCH3 is 2. The number of aromatic nitrogens is 3. The molecule has 0 aliphatic carbocycles. The molecule has 0 unspecified atom stereocenters. The van der Waals surface area contributed by atoms with Crippen LogP contribution in [-0.4, -0.2) is 41.0 Å². The number of hydrogen-bond acceptors (Lipinski definition) is 7. The van der Waals surface area contributed by atoms with Crippen molar-refractivity contribution in [1.82, 2.24) is 14.6 Å². The summed E-state index contributed by atoms with van der Waals surface area (Å²) in [6.07, 6.45) is 2.97. The van der Waals surface area contributed by atoms with Crippen LogP contribution in [0, 0.1) is 0 Å². The number of carbonyl (C=O) groups excluding carboxylic acids is 1.